The van der Waals surface area contributed by atoms with Crippen molar-refractivity contribution in [2.45, 2.75) is 38.5 Å². The molecule has 1 aliphatic heterocycles. The molecule has 3 aliphatic rings. The van der Waals surface area contributed by atoms with Gasteiger partial charge in [0.2, 0.25) is 0 Å². The van der Waals surface area contributed by atoms with Gasteiger partial charge in [-0.05, 0) is 25.7 Å². The van der Waals surface area contributed by atoms with Gasteiger partial charge in [0, 0.05) is 23.9 Å². The van der Waals surface area contributed by atoms with Crippen LogP contribution in [0.15, 0.2) is 17.4 Å². The summed E-state index contributed by atoms with van der Waals surface area (Å²) in [5, 5.41) is 4.96. The zero-order valence-corrected chi connectivity index (χ0v) is 9.11. The van der Waals surface area contributed by atoms with Crippen LogP contribution in [-0.4, -0.2) is 18.1 Å². The van der Waals surface area contributed by atoms with Crippen LogP contribution >= 0.6 is 0 Å². The number of rotatable bonds is 1. The van der Waals surface area contributed by atoms with Gasteiger partial charge in [0.15, 0.2) is 0 Å². The van der Waals surface area contributed by atoms with Gasteiger partial charge in [-0.2, -0.15) is 0 Å². The maximum atomic E-state index is 10.7. The molecule has 3 nitrogen and oxygen atoms in total. The van der Waals surface area contributed by atoms with Gasteiger partial charge >= 0.3 is 0 Å². The number of allylic oxidation sites excluding steroid dienone is 2. The van der Waals surface area contributed by atoms with E-state index >= 15 is 0 Å². The molecule has 0 radical (unpaired) electrons. The second-order valence-corrected chi connectivity index (χ2v) is 5.55. The molecule has 1 saturated carbocycles. The Balaban J connectivity index is 1.99. The van der Waals surface area contributed by atoms with Crippen LogP contribution in [0.25, 0.3) is 0 Å². The molecule has 0 spiro atoms. The summed E-state index contributed by atoms with van der Waals surface area (Å²) in [4.78, 5) is 10.7. The fourth-order valence-corrected chi connectivity index (χ4v) is 4.15. The molecule has 2 aliphatic carbocycles. The van der Waals surface area contributed by atoms with E-state index in [9.17, 15) is 4.91 Å². The summed E-state index contributed by atoms with van der Waals surface area (Å²) < 4.78 is 0. The van der Waals surface area contributed by atoms with Crippen LogP contribution in [0, 0.1) is 15.7 Å². The normalized spacial score (nSPS) is 43.6. The van der Waals surface area contributed by atoms with E-state index in [1.807, 2.05) is 0 Å². The predicted octanol–water partition coefficient (Wildman–Crippen LogP) is 2.88. The Hall–Kier alpha value is -0.860. The smallest absolute Gasteiger partial charge is 0.0524 e. The highest BCUT2D eigenvalue weighted by molar-refractivity contribution is 5.16. The Morgan fingerprint density at radius 3 is 2.00 bits per heavy atom. The summed E-state index contributed by atoms with van der Waals surface area (Å²) in [6.45, 7) is 1.81. The first-order valence-corrected chi connectivity index (χ1v) is 6.04. The molecule has 1 heterocycles. The number of hydrogen-bond acceptors (Lipinski definition) is 2. The minimum atomic E-state index is 0.383. The standard InChI is InChI=1S/C12H18N2O/c15-13-14-9-11-5-1-2-6-12(11,10-14)8-4-3-7-11/h1-2H,3-10H2/t11-,12-/m0/s1. The zero-order valence-electron chi connectivity index (χ0n) is 9.11. The Morgan fingerprint density at radius 2 is 1.53 bits per heavy atom. The molecular formula is C12H18N2O. The first kappa shape index (κ1) is 9.37. The predicted molar refractivity (Wildman–Crippen MR) is 59.1 cm³/mol. The molecule has 0 aromatic carbocycles. The topological polar surface area (TPSA) is 32.7 Å². The molecule has 82 valence electrons. The van der Waals surface area contributed by atoms with Crippen LogP contribution in [0.4, 0.5) is 0 Å². The lowest BCUT2D eigenvalue weighted by Crippen LogP contribution is -2.44. The minimum absolute atomic E-state index is 0.383. The molecule has 1 saturated heterocycles. The number of nitroso groups, excluding NO2 is 1. The van der Waals surface area contributed by atoms with Gasteiger partial charge in [-0.25, -0.2) is 0 Å². The highest BCUT2D eigenvalue weighted by Gasteiger charge is 2.58. The van der Waals surface area contributed by atoms with Crippen molar-refractivity contribution in [1.82, 2.24) is 5.01 Å². The van der Waals surface area contributed by atoms with Crippen LogP contribution in [0.3, 0.4) is 0 Å². The van der Waals surface area contributed by atoms with Gasteiger partial charge in [-0.15, -0.1) is 4.91 Å². The van der Waals surface area contributed by atoms with Crippen LogP contribution in [0.1, 0.15) is 38.5 Å². The SMILES string of the molecule is O=NN1C[C@@]23CC=CC[C@]2(CCCC3)C1. The maximum absolute atomic E-state index is 10.7. The second-order valence-electron chi connectivity index (χ2n) is 5.55. The molecule has 0 bridgehead atoms. The van der Waals surface area contributed by atoms with Crippen LogP contribution in [0.5, 0.6) is 0 Å². The molecule has 0 N–H and O–H groups in total. The van der Waals surface area contributed by atoms with Crippen molar-refractivity contribution < 1.29 is 0 Å². The van der Waals surface area contributed by atoms with Crippen LogP contribution in [-0.2, 0) is 0 Å². The van der Waals surface area contributed by atoms with Crippen molar-refractivity contribution in [2.75, 3.05) is 13.1 Å². The van der Waals surface area contributed by atoms with Crippen LogP contribution in [0.2, 0.25) is 0 Å². The summed E-state index contributed by atoms with van der Waals surface area (Å²) >= 11 is 0. The molecule has 15 heavy (non-hydrogen) atoms. The van der Waals surface area contributed by atoms with E-state index in [0.717, 1.165) is 13.1 Å². The van der Waals surface area contributed by atoms with Crippen molar-refractivity contribution in [3.63, 3.8) is 0 Å². The van der Waals surface area contributed by atoms with Gasteiger partial charge < -0.3 is 0 Å². The molecule has 2 fully saturated rings. The summed E-state index contributed by atoms with van der Waals surface area (Å²) in [7, 11) is 0. The minimum Gasteiger partial charge on any atom is -0.260 e. The molecular weight excluding hydrogens is 188 g/mol. The van der Waals surface area contributed by atoms with E-state index in [4.69, 9.17) is 0 Å². The third-order valence-corrected chi connectivity index (χ3v) is 4.96. The molecule has 0 aromatic heterocycles. The summed E-state index contributed by atoms with van der Waals surface area (Å²) in [5.41, 5.74) is 0.766. The first-order valence-electron chi connectivity index (χ1n) is 6.04. The lowest BCUT2D eigenvalue weighted by atomic mass is 9.53. The molecule has 0 aromatic rings. The third kappa shape index (κ3) is 1.12. The first-order chi connectivity index (χ1) is 7.30. The van der Waals surface area contributed by atoms with Gasteiger partial charge in [0.1, 0.15) is 0 Å². The van der Waals surface area contributed by atoms with Gasteiger partial charge in [-0.3, -0.25) is 5.01 Å². The highest BCUT2D eigenvalue weighted by atomic mass is 16.3. The fourth-order valence-electron chi connectivity index (χ4n) is 4.15. The molecule has 0 unspecified atom stereocenters. The fraction of sp³-hybridized carbons (Fsp3) is 0.833. The van der Waals surface area contributed by atoms with Gasteiger partial charge in [0.05, 0.1) is 5.29 Å². The second kappa shape index (κ2) is 3.06. The van der Waals surface area contributed by atoms with E-state index in [1.54, 1.807) is 5.01 Å². The van der Waals surface area contributed by atoms with Gasteiger partial charge in [0.25, 0.3) is 0 Å². The monoisotopic (exact) mass is 206 g/mol. The largest absolute Gasteiger partial charge is 0.260 e. The van der Waals surface area contributed by atoms with E-state index in [0.29, 0.717) is 10.8 Å². The Bertz CT molecular complexity index is 289. The summed E-state index contributed by atoms with van der Waals surface area (Å²) in [5.74, 6) is 0. The van der Waals surface area contributed by atoms with Crippen LogP contribution < -0.4 is 0 Å². The lowest BCUT2D eigenvalue weighted by molar-refractivity contribution is 0.0342. The van der Waals surface area contributed by atoms with Crippen molar-refractivity contribution >= 4 is 0 Å². The average Bonchev–Trinajstić information content (AvgIpc) is 2.63. The highest BCUT2D eigenvalue weighted by Crippen LogP contribution is 2.61. The number of nitrogens with zero attached hydrogens (tertiary/aromatic N) is 2. The van der Waals surface area contributed by atoms with Crippen molar-refractivity contribution in [2.24, 2.45) is 16.1 Å². The molecule has 2 atom stereocenters. The van der Waals surface area contributed by atoms with Crippen molar-refractivity contribution in [1.29, 1.82) is 0 Å². The Kier molecular flexibility index (Phi) is 1.91. The molecule has 0 amide bonds. The van der Waals surface area contributed by atoms with Crippen molar-refractivity contribution in [3.8, 4) is 0 Å². The van der Waals surface area contributed by atoms with Gasteiger partial charge in [-0.1, -0.05) is 25.0 Å². The number of hydrogen-bond donors (Lipinski definition) is 0. The average molecular weight is 206 g/mol. The maximum Gasteiger partial charge on any atom is 0.0524 e. The Labute approximate surface area is 90.5 Å². The third-order valence-electron chi connectivity index (χ3n) is 4.96. The van der Waals surface area contributed by atoms with E-state index in [2.05, 4.69) is 17.4 Å². The van der Waals surface area contributed by atoms with Crippen molar-refractivity contribution in [3.05, 3.63) is 17.1 Å². The van der Waals surface area contributed by atoms with E-state index in [1.165, 1.54) is 38.5 Å². The molecule has 3 rings (SSSR count). The van der Waals surface area contributed by atoms with E-state index in [-0.39, 0.29) is 0 Å². The Morgan fingerprint density at radius 1 is 1.00 bits per heavy atom. The molecule has 3 heteroatoms. The summed E-state index contributed by atoms with van der Waals surface area (Å²) in [6.07, 6.45) is 12.2. The van der Waals surface area contributed by atoms with E-state index < -0.39 is 0 Å². The quantitative estimate of drug-likeness (QED) is 0.488. The summed E-state index contributed by atoms with van der Waals surface area (Å²) in [6, 6.07) is 0. The zero-order chi connectivity index (χ0) is 10.4. The lowest BCUT2D eigenvalue weighted by Gasteiger charge is -2.49.